The van der Waals surface area contributed by atoms with E-state index in [0.717, 1.165) is 25.0 Å². The molecule has 0 bridgehead atoms. The summed E-state index contributed by atoms with van der Waals surface area (Å²) >= 11 is 0. The second kappa shape index (κ2) is 7.30. The van der Waals surface area contributed by atoms with Crippen molar-refractivity contribution >= 4 is 11.8 Å². The first-order valence-electron chi connectivity index (χ1n) is 9.42. The fourth-order valence-electron chi connectivity index (χ4n) is 4.24. The van der Waals surface area contributed by atoms with E-state index in [0.29, 0.717) is 37.3 Å². The Balaban J connectivity index is 1.48. The SMILES string of the molecule is O=C(c1ccccn1)N1CC[C@]2(CCCN(Cc3ccc(F)c(F)c3)C2=O)C1. The second-order valence-electron chi connectivity index (χ2n) is 7.55. The van der Waals surface area contributed by atoms with E-state index in [1.165, 1.54) is 6.07 Å². The average molecular weight is 385 g/mol. The van der Waals surface area contributed by atoms with Crippen LogP contribution in [0.1, 0.15) is 35.3 Å². The van der Waals surface area contributed by atoms with Gasteiger partial charge in [-0.05, 0) is 49.1 Å². The van der Waals surface area contributed by atoms with Gasteiger partial charge in [-0.15, -0.1) is 0 Å². The molecule has 2 fully saturated rings. The standard InChI is InChI=1S/C21H21F2N3O2/c22-16-6-5-15(12-17(16)23)13-25-10-3-7-21(20(25)28)8-11-26(14-21)19(27)18-4-1-2-9-24-18/h1-2,4-6,9,12H,3,7-8,10-11,13-14H2/t21-/m1/s1. The summed E-state index contributed by atoms with van der Waals surface area (Å²) in [4.78, 5) is 33.4. The largest absolute Gasteiger partial charge is 0.338 e. The maximum Gasteiger partial charge on any atom is 0.272 e. The molecule has 0 saturated carbocycles. The Kier molecular flexibility index (Phi) is 4.83. The van der Waals surface area contributed by atoms with Crippen molar-refractivity contribution in [3.8, 4) is 0 Å². The molecule has 2 aromatic rings. The summed E-state index contributed by atoms with van der Waals surface area (Å²) in [7, 11) is 0. The lowest BCUT2D eigenvalue weighted by molar-refractivity contribution is -0.146. The van der Waals surface area contributed by atoms with Gasteiger partial charge in [0.2, 0.25) is 5.91 Å². The Labute approximate surface area is 162 Å². The number of amides is 2. The normalized spacial score (nSPS) is 22.1. The van der Waals surface area contributed by atoms with Crippen molar-refractivity contribution in [3.05, 3.63) is 65.5 Å². The van der Waals surface area contributed by atoms with Crippen LogP contribution in [0.15, 0.2) is 42.6 Å². The van der Waals surface area contributed by atoms with E-state index in [9.17, 15) is 18.4 Å². The van der Waals surface area contributed by atoms with Crippen molar-refractivity contribution in [1.29, 1.82) is 0 Å². The van der Waals surface area contributed by atoms with Crippen LogP contribution in [0.3, 0.4) is 0 Å². The van der Waals surface area contributed by atoms with Gasteiger partial charge in [0, 0.05) is 32.4 Å². The fraction of sp³-hybridized carbons (Fsp3) is 0.381. The van der Waals surface area contributed by atoms with Gasteiger partial charge in [0.05, 0.1) is 5.41 Å². The highest BCUT2D eigenvalue weighted by Gasteiger charge is 2.49. The van der Waals surface area contributed by atoms with Gasteiger partial charge in [-0.25, -0.2) is 8.78 Å². The monoisotopic (exact) mass is 385 g/mol. The summed E-state index contributed by atoms with van der Waals surface area (Å²) < 4.78 is 26.7. The Hall–Kier alpha value is -2.83. The molecule has 5 nitrogen and oxygen atoms in total. The Bertz CT molecular complexity index is 906. The van der Waals surface area contributed by atoms with Crippen molar-refractivity contribution < 1.29 is 18.4 Å². The van der Waals surface area contributed by atoms with E-state index in [4.69, 9.17) is 0 Å². The topological polar surface area (TPSA) is 53.5 Å². The van der Waals surface area contributed by atoms with Gasteiger partial charge in [-0.3, -0.25) is 14.6 Å². The predicted octanol–water partition coefficient (Wildman–Crippen LogP) is 3.01. The summed E-state index contributed by atoms with van der Waals surface area (Å²) in [6.45, 7) is 1.70. The van der Waals surface area contributed by atoms with Gasteiger partial charge in [0.15, 0.2) is 11.6 Å². The second-order valence-corrected chi connectivity index (χ2v) is 7.55. The highest BCUT2D eigenvalue weighted by Crippen LogP contribution is 2.40. The molecule has 2 aliphatic heterocycles. The number of nitrogens with zero attached hydrogens (tertiary/aromatic N) is 3. The van der Waals surface area contributed by atoms with Crippen molar-refractivity contribution in [2.75, 3.05) is 19.6 Å². The summed E-state index contributed by atoms with van der Waals surface area (Å²) in [5.41, 5.74) is 0.339. The van der Waals surface area contributed by atoms with Gasteiger partial charge < -0.3 is 9.80 Å². The van der Waals surface area contributed by atoms with E-state index in [1.807, 2.05) is 0 Å². The lowest BCUT2D eigenvalue weighted by Gasteiger charge is -2.39. The summed E-state index contributed by atoms with van der Waals surface area (Å²) in [5, 5.41) is 0. The van der Waals surface area contributed by atoms with Crippen LogP contribution in [0.2, 0.25) is 0 Å². The molecule has 0 radical (unpaired) electrons. The van der Waals surface area contributed by atoms with Crippen LogP contribution < -0.4 is 0 Å². The van der Waals surface area contributed by atoms with Crippen LogP contribution in [0.25, 0.3) is 0 Å². The van der Waals surface area contributed by atoms with Gasteiger partial charge in [-0.1, -0.05) is 12.1 Å². The van der Waals surface area contributed by atoms with Crippen LogP contribution >= 0.6 is 0 Å². The molecule has 1 aromatic carbocycles. The molecule has 2 saturated heterocycles. The van der Waals surface area contributed by atoms with Crippen molar-refractivity contribution in [2.24, 2.45) is 5.41 Å². The van der Waals surface area contributed by atoms with E-state index in [-0.39, 0.29) is 18.4 Å². The molecule has 3 heterocycles. The van der Waals surface area contributed by atoms with Crippen molar-refractivity contribution in [1.82, 2.24) is 14.8 Å². The quantitative estimate of drug-likeness (QED) is 0.816. The molecule has 0 N–H and O–H groups in total. The minimum atomic E-state index is -0.912. The summed E-state index contributed by atoms with van der Waals surface area (Å²) in [6, 6.07) is 8.90. The number of halogens is 2. The molecule has 7 heteroatoms. The highest BCUT2D eigenvalue weighted by atomic mass is 19.2. The number of likely N-dealkylation sites (tertiary alicyclic amines) is 2. The minimum absolute atomic E-state index is 0.0141. The molecule has 0 unspecified atom stereocenters. The van der Waals surface area contributed by atoms with Crippen LogP contribution in [0.5, 0.6) is 0 Å². The van der Waals surface area contributed by atoms with E-state index in [1.54, 1.807) is 34.2 Å². The molecule has 0 aliphatic carbocycles. The van der Waals surface area contributed by atoms with Gasteiger partial charge in [-0.2, -0.15) is 0 Å². The highest BCUT2D eigenvalue weighted by molar-refractivity contribution is 5.93. The molecule has 2 aliphatic rings. The van der Waals surface area contributed by atoms with Crippen molar-refractivity contribution in [2.45, 2.75) is 25.8 Å². The molecular weight excluding hydrogens is 364 g/mol. The number of rotatable bonds is 3. The Morgan fingerprint density at radius 3 is 2.71 bits per heavy atom. The van der Waals surface area contributed by atoms with E-state index in [2.05, 4.69) is 4.98 Å². The first-order chi connectivity index (χ1) is 13.5. The zero-order chi connectivity index (χ0) is 19.7. The summed E-state index contributed by atoms with van der Waals surface area (Å²) in [5.74, 6) is -1.99. The molecule has 1 atom stereocenters. The molecular formula is C21H21F2N3O2. The lowest BCUT2D eigenvalue weighted by Crippen LogP contribution is -2.50. The number of aromatic nitrogens is 1. The van der Waals surface area contributed by atoms with Crippen LogP contribution in [-0.4, -0.2) is 46.2 Å². The number of carbonyl (C=O) groups excluding carboxylic acids is 2. The predicted molar refractivity (Wildman–Crippen MR) is 98.2 cm³/mol. The van der Waals surface area contributed by atoms with Crippen molar-refractivity contribution in [3.63, 3.8) is 0 Å². The molecule has 1 aromatic heterocycles. The third-order valence-electron chi connectivity index (χ3n) is 5.71. The molecule has 28 heavy (non-hydrogen) atoms. The molecule has 4 rings (SSSR count). The first-order valence-corrected chi connectivity index (χ1v) is 9.42. The van der Waals surface area contributed by atoms with Crippen LogP contribution in [-0.2, 0) is 11.3 Å². The molecule has 146 valence electrons. The number of hydrogen-bond acceptors (Lipinski definition) is 3. The number of pyridine rings is 1. The third-order valence-corrected chi connectivity index (χ3v) is 5.71. The zero-order valence-electron chi connectivity index (χ0n) is 15.4. The van der Waals surface area contributed by atoms with Crippen LogP contribution in [0.4, 0.5) is 8.78 Å². The molecule has 1 spiro atoms. The number of hydrogen-bond donors (Lipinski definition) is 0. The van der Waals surface area contributed by atoms with Gasteiger partial charge >= 0.3 is 0 Å². The fourth-order valence-corrected chi connectivity index (χ4v) is 4.24. The van der Waals surface area contributed by atoms with Crippen LogP contribution in [0, 0.1) is 17.0 Å². The van der Waals surface area contributed by atoms with E-state index >= 15 is 0 Å². The summed E-state index contributed by atoms with van der Waals surface area (Å²) in [6.07, 6.45) is 3.74. The smallest absolute Gasteiger partial charge is 0.272 e. The minimum Gasteiger partial charge on any atom is -0.338 e. The lowest BCUT2D eigenvalue weighted by atomic mass is 9.78. The number of carbonyl (C=O) groups is 2. The maximum atomic E-state index is 13.5. The van der Waals surface area contributed by atoms with Gasteiger partial charge in [0.25, 0.3) is 5.91 Å². The van der Waals surface area contributed by atoms with E-state index < -0.39 is 17.0 Å². The molecule has 2 amide bonds. The maximum absolute atomic E-state index is 13.5. The average Bonchev–Trinajstić information content (AvgIpc) is 3.13. The number of benzene rings is 1. The first kappa shape index (κ1) is 18.5. The third kappa shape index (κ3) is 3.37. The number of piperidine rings is 1. The Morgan fingerprint density at radius 2 is 1.96 bits per heavy atom. The zero-order valence-corrected chi connectivity index (χ0v) is 15.4. The van der Waals surface area contributed by atoms with Gasteiger partial charge in [0.1, 0.15) is 5.69 Å². The Morgan fingerprint density at radius 1 is 1.11 bits per heavy atom.